The van der Waals surface area contributed by atoms with Crippen LogP contribution < -0.4 is 5.32 Å². The zero-order valence-corrected chi connectivity index (χ0v) is 21.0. The summed E-state index contributed by atoms with van der Waals surface area (Å²) in [7, 11) is 0. The molecule has 0 bridgehead atoms. The van der Waals surface area contributed by atoms with Crippen LogP contribution in [0.25, 0.3) is 11.3 Å². The number of pyridine rings is 1. The molecule has 1 aliphatic carbocycles. The van der Waals surface area contributed by atoms with E-state index in [0.717, 1.165) is 32.1 Å². The number of carbonyl (C=O) groups excluding carboxylic acids is 2. The van der Waals surface area contributed by atoms with E-state index in [2.05, 4.69) is 43.7 Å². The number of allylic oxidation sites excluding steroid dienone is 2. The van der Waals surface area contributed by atoms with Crippen LogP contribution in [0.3, 0.4) is 0 Å². The predicted molar refractivity (Wildman–Crippen MR) is 140 cm³/mol. The van der Waals surface area contributed by atoms with Crippen LogP contribution in [0.15, 0.2) is 54.8 Å². The molecular weight excluding hydrogens is 473 g/mol. The standard InChI is InChI=1S/C27H30FN7O2/c1-5-20(6-2)35-22(12-13-30-35)26(36)32-24(18-10-8-7-9-11-18)27(37)31-19-14-21(28)25(29-15-19)23-16(3)33-34-17(23)4/h5-6,12-15,18,20H,1-2,7-11H2,3-4H3,(H,31,37)(H,33,34). The average molecular weight is 504 g/mol. The molecule has 0 radical (unpaired) electrons. The van der Waals surface area contributed by atoms with Gasteiger partial charge < -0.3 is 5.32 Å². The highest BCUT2D eigenvalue weighted by Crippen LogP contribution is 2.29. The number of anilines is 1. The van der Waals surface area contributed by atoms with E-state index in [0.29, 0.717) is 17.0 Å². The zero-order chi connectivity index (χ0) is 26.5. The lowest BCUT2D eigenvalue weighted by molar-refractivity contribution is -0.110. The molecule has 1 saturated carbocycles. The third-order valence-electron chi connectivity index (χ3n) is 6.57. The Morgan fingerprint density at radius 1 is 1.24 bits per heavy atom. The smallest absolute Gasteiger partial charge is 0.295 e. The van der Waals surface area contributed by atoms with E-state index >= 15 is 0 Å². The number of nitrogens with one attached hydrogen (secondary N) is 2. The molecule has 10 heteroatoms. The van der Waals surface area contributed by atoms with Crippen molar-refractivity contribution >= 4 is 23.2 Å². The van der Waals surface area contributed by atoms with E-state index in [-0.39, 0.29) is 28.7 Å². The molecule has 0 aromatic carbocycles. The first-order valence-corrected chi connectivity index (χ1v) is 12.2. The number of carbonyl (C=O) groups is 2. The van der Waals surface area contributed by atoms with Gasteiger partial charge in [-0.2, -0.15) is 10.2 Å². The van der Waals surface area contributed by atoms with Crippen LogP contribution in [-0.2, 0) is 4.79 Å². The topological polar surface area (TPSA) is 118 Å². The van der Waals surface area contributed by atoms with Crippen molar-refractivity contribution < 1.29 is 14.0 Å². The summed E-state index contributed by atoms with van der Waals surface area (Å²) in [6, 6.07) is 2.35. The van der Waals surface area contributed by atoms with Gasteiger partial charge in [-0.1, -0.05) is 31.4 Å². The fraction of sp³-hybridized carbons (Fsp3) is 0.333. The van der Waals surface area contributed by atoms with E-state index in [4.69, 9.17) is 0 Å². The van der Waals surface area contributed by atoms with Crippen molar-refractivity contribution in [3.63, 3.8) is 0 Å². The maximum absolute atomic E-state index is 15.0. The van der Waals surface area contributed by atoms with E-state index in [1.54, 1.807) is 32.1 Å². The molecule has 2 amide bonds. The maximum Gasteiger partial charge on any atom is 0.295 e. The number of hydrogen-bond acceptors (Lipinski definition) is 5. The summed E-state index contributed by atoms with van der Waals surface area (Å²) < 4.78 is 16.5. The molecule has 1 aliphatic rings. The van der Waals surface area contributed by atoms with Crippen molar-refractivity contribution in [2.75, 3.05) is 5.32 Å². The highest BCUT2D eigenvalue weighted by atomic mass is 19.1. The van der Waals surface area contributed by atoms with Gasteiger partial charge in [0.05, 0.1) is 23.6 Å². The van der Waals surface area contributed by atoms with Crippen LogP contribution in [-0.4, -0.2) is 42.5 Å². The minimum absolute atomic E-state index is 0.122. The Morgan fingerprint density at radius 3 is 2.59 bits per heavy atom. The number of H-pyrrole nitrogens is 1. The second-order valence-electron chi connectivity index (χ2n) is 9.08. The SMILES string of the molecule is C=CC(C=C)n1nccc1C(=O)N=C(C(=O)Nc1cnc(-c2c(C)n[nH]c2C)c(F)c1)C1CCCCC1. The first kappa shape index (κ1) is 25.9. The van der Waals surface area contributed by atoms with E-state index in [1.165, 1.54) is 23.1 Å². The van der Waals surface area contributed by atoms with Crippen LogP contribution >= 0.6 is 0 Å². The molecule has 0 spiro atoms. The Hall–Kier alpha value is -4.21. The third-order valence-corrected chi connectivity index (χ3v) is 6.57. The Balaban J connectivity index is 1.63. The van der Waals surface area contributed by atoms with Gasteiger partial charge in [0.1, 0.15) is 17.1 Å². The number of amides is 2. The molecule has 0 atom stereocenters. The van der Waals surface area contributed by atoms with Gasteiger partial charge in [-0.05, 0) is 32.8 Å². The molecule has 3 aromatic rings. The Labute approximate surface area is 214 Å². The average Bonchev–Trinajstić information content (AvgIpc) is 3.51. The number of hydrogen-bond donors (Lipinski definition) is 2. The first-order chi connectivity index (χ1) is 17.8. The lowest BCUT2D eigenvalue weighted by Crippen LogP contribution is -2.32. The molecule has 0 aliphatic heterocycles. The van der Waals surface area contributed by atoms with Gasteiger partial charge in [0.2, 0.25) is 0 Å². The molecule has 1 fully saturated rings. The summed E-state index contributed by atoms with van der Waals surface area (Å²) in [4.78, 5) is 35.1. The number of aromatic nitrogens is 5. The number of rotatable bonds is 8. The Kier molecular flexibility index (Phi) is 7.86. The summed E-state index contributed by atoms with van der Waals surface area (Å²) >= 11 is 0. The van der Waals surface area contributed by atoms with Crippen LogP contribution in [0.2, 0.25) is 0 Å². The van der Waals surface area contributed by atoms with Crippen molar-refractivity contribution in [1.82, 2.24) is 25.0 Å². The summed E-state index contributed by atoms with van der Waals surface area (Å²) in [5, 5.41) is 13.8. The van der Waals surface area contributed by atoms with E-state index in [1.807, 2.05) is 0 Å². The van der Waals surface area contributed by atoms with Crippen LogP contribution in [0.1, 0.15) is 60.0 Å². The van der Waals surface area contributed by atoms with Gasteiger partial charge >= 0.3 is 0 Å². The summed E-state index contributed by atoms with van der Waals surface area (Å²) in [6.45, 7) is 11.1. The lowest BCUT2D eigenvalue weighted by atomic mass is 9.85. The van der Waals surface area contributed by atoms with Crippen LogP contribution in [0, 0.1) is 25.6 Å². The maximum atomic E-state index is 15.0. The molecular formula is C27H30FN7O2. The number of aryl methyl sites for hydroxylation is 2. The monoisotopic (exact) mass is 503 g/mol. The number of aliphatic imine (C=N–C) groups is 1. The predicted octanol–water partition coefficient (Wildman–Crippen LogP) is 5.14. The molecule has 2 N–H and O–H groups in total. The number of halogens is 1. The minimum Gasteiger partial charge on any atom is -0.319 e. The highest BCUT2D eigenvalue weighted by molar-refractivity contribution is 6.45. The van der Waals surface area contributed by atoms with Crippen molar-refractivity contribution in [3.05, 3.63) is 72.7 Å². The summed E-state index contributed by atoms with van der Waals surface area (Å²) in [5.74, 6) is -1.93. The fourth-order valence-electron chi connectivity index (χ4n) is 4.67. The van der Waals surface area contributed by atoms with Gasteiger partial charge in [0.25, 0.3) is 11.8 Å². The van der Waals surface area contributed by atoms with Crippen molar-refractivity contribution in [2.45, 2.75) is 52.0 Å². The summed E-state index contributed by atoms with van der Waals surface area (Å²) in [5.41, 5.74) is 2.56. The molecule has 37 heavy (non-hydrogen) atoms. The van der Waals surface area contributed by atoms with Crippen molar-refractivity contribution in [2.24, 2.45) is 10.9 Å². The largest absolute Gasteiger partial charge is 0.319 e. The van der Waals surface area contributed by atoms with E-state index in [9.17, 15) is 14.0 Å². The van der Waals surface area contributed by atoms with Gasteiger partial charge in [-0.3, -0.25) is 19.7 Å². The van der Waals surface area contributed by atoms with Crippen molar-refractivity contribution in [1.29, 1.82) is 0 Å². The quantitative estimate of drug-likeness (QED) is 0.326. The Bertz CT molecular complexity index is 1340. The van der Waals surface area contributed by atoms with Crippen LogP contribution in [0.5, 0.6) is 0 Å². The lowest BCUT2D eigenvalue weighted by Gasteiger charge is -2.23. The second-order valence-corrected chi connectivity index (χ2v) is 9.08. The fourth-order valence-corrected chi connectivity index (χ4v) is 4.67. The number of nitrogens with zero attached hydrogens (tertiary/aromatic N) is 5. The molecule has 0 unspecified atom stereocenters. The van der Waals surface area contributed by atoms with Gasteiger partial charge in [0, 0.05) is 29.4 Å². The second kappa shape index (κ2) is 11.2. The molecule has 4 rings (SSSR count). The van der Waals surface area contributed by atoms with Gasteiger partial charge in [-0.15, -0.1) is 13.2 Å². The normalized spacial score (nSPS) is 14.5. The molecule has 0 saturated heterocycles. The molecule has 192 valence electrons. The number of aromatic amines is 1. The summed E-state index contributed by atoms with van der Waals surface area (Å²) in [6.07, 6.45) is 10.5. The van der Waals surface area contributed by atoms with Gasteiger partial charge in [0.15, 0.2) is 5.82 Å². The third kappa shape index (κ3) is 5.47. The minimum atomic E-state index is -0.596. The van der Waals surface area contributed by atoms with Gasteiger partial charge in [-0.25, -0.2) is 14.1 Å². The molecule has 9 nitrogen and oxygen atoms in total. The Morgan fingerprint density at radius 2 is 1.97 bits per heavy atom. The zero-order valence-electron chi connectivity index (χ0n) is 21.0. The van der Waals surface area contributed by atoms with Crippen LogP contribution in [0.4, 0.5) is 10.1 Å². The van der Waals surface area contributed by atoms with E-state index < -0.39 is 23.7 Å². The van der Waals surface area contributed by atoms with Crippen molar-refractivity contribution in [3.8, 4) is 11.3 Å². The first-order valence-electron chi connectivity index (χ1n) is 12.2. The molecule has 3 heterocycles. The molecule has 3 aromatic heterocycles. The highest BCUT2D eigenvalue weighted by Gasteiger charge is 2.28.